The zero-order chi connectivity index (χ0) is 18.1. The van der Waals surface area contributed by atoms with E-state index in [1.54, 1.807) is 11.0 Å². The summed E-state index contributed by atoms with van der Waals surface area (Å²) in [6, 6.07) is 7.49. The fraction of sp³-hybridized carbons (Fsp3) is 0.353. The van der Waals surface area contributed by atoms with E-state index in [9.17, 15) is 4.79 Å². The predicted molar refractivity (Wildman–Crippen MR) is 101 cm³/mol. The van der Waals surface area contributed by atoms with Gasteiger partial charge in [-0.05, 0) is 25.1 Å². The summed E-state index contributed by atoms with van der Waals surface area (Å²) in [5.74, 6) is 0.833. The van der Waals surface area contributed by atoms with Crippen LogP contribution in [0.5, 0.6) is 0 Å². The number of hydrogen-bond acceptors (Lipinski definition) is 6. The number of carbonyl (C=O) groups is 1. The quantitative estimate of drug-likeness (QED) is 0.650. The van der Waals surface area contributed by atoms with Gasteiger partial charge in [0.1, 0.15) is 6.33 Å². The van der Waals surface area contributed by atoms with Crippen molar-refractivity contribution < 1.29 is 4.79 Å². The number of halogens is 1. The molecule has 0 atom stereocenters. The van der Waals surface area contributed by atoms with Crippen molar-refractivity contribution in [1.82, 2.24) is 29.9 Å². The Balaban J connectivity index is 1.50. The summed E-state index contributed by atoms with van der Waals surface area (Å²) in [6.45, 7) is 5.39. The van der Waals surface area contributed by atoms with E-state index >= 15 is 0 Å². The van der Waals surface area contributed by atoms with Gasteiger partial charge in [-0.25, -0.2) is 14.6 Å². The molecule has 3 aromatic rings. The average Bonchev–Trinajstić information content (AvgIpc) is 3.11. The molecular formula is C17H18BrN7O. The number of hydrogen-bond donors (Lipinski definition) is 0. The van der Waals surface area contributed by atoms with Crippen molar-refractivity contribution in [3.05, 3.63) is 40.6 Å². The van der Waals surface area contributed by atoms with E-state index in [4.69, 9.17) is 0 Å². The van der Waals surface area contributed by atoms with Gasteiger partial charge in [-0.1, -0.05) is 27.2 Å². The second kappa shape index (κ2) is 6.99. The molecule has 3 heterocycles. The Morgan fingerprint density at radius 1 is 1.19 bits per heavy atom. The molecule has 0 unspecified atom stereocenters. The first-order valence-electron chi connectivity index (χ1n) is 8.51. The van der Waals surface area contributed by atoms with Crippen LogP contribution in [0.3, 0.4) is 0 Å². The van der Waals surface area contributed by atoms with Gasteiger partial charge in [-0.2, -0.15) is 0 Å². The number of benzene rings is 1. The number of nitrogens with zero attached hydrogens (tertiary/aromatic N) is 7. The number of piperazine rings is 1. The SMILES string of the molecule is CCn1nnc2c(N3CCN(C(=O)c4cccc(Br)c4)CC3)ncnc21. The molecule has 1 aliphatic heterocycles. The summed E-state index contributed by atoms with van der Waals surface area (Å²) in [6.07, 6.45) is 1.55. The van der Waals surface area contributed by atoms with E-state index in [2.05, 4.69) is 41.1 Å². The molecule has 2 aromatic heterocycles. The van der Waals surface area contributed by atoms with Crippen LogP contribution in [0.25, 0.3) is 11.2 Å². The van der Waals surface area contributed by atoms with Gasteiger partial charge in [-0.15, -0.1) is 5.10 Å². The summed E-state index contributed by atoms with van der Waals surface area (Å²) in [5.41, 5.74) is 2.15. The monoisotopic (exact) mass is 415 g/mol. The third kappa shape index (κ3) is 3.03. The number of amides is 1. The van der Waals surface area contributed by atoms with Crippen LogP contribution in [0.2, 0.25) is 0 Å². The summed E-state index contributed by atoms with van der Waals surface area (Å²) >= 11 is 3.42. The van der Waals surface area contributed by atoms with Gasteiger partial charge in [0, 0.05) is 42.8 Å². The van der Waals surface area contributed by atoms with Gasteiger partial charge in [0.2, 0.25) is 0 Å². The van der Waals surface area contributed by atoms with Gasteiger partial charge in [0.25, 0.3) is 5.91 Å². The van der Waals surface area contributed by atoms with Crippen molar-refractivity contribution in [1.29, 1.82) is 0 Å². The lowest BCUT2D eigenvalue weighted by Gasteiger charge is -2.35. The van der Waals surface area contributed by atoms with Crippen molar-refractivity contribution in [2.45, 2.75) is 13.5 Å². The third-order valence-corrected chi connectivity index (χ3v) is 5.01. The molecule has 0 spiro atoms. The van der Waals surface area contributed by atoms with E-state index in [0.29, 0.717) is 43.8 Å². The maximum absolute atomic E-state index is 12.7. The van der Waals surface area contributed by atoms with E-state index in [1.165, 1.54) is 0 Å². The number of aryl methyl sites for hydroxylation is 1. The Morgan fingerprint density at radius 2 is 2.00 bits per heavy atom. The standard InChI is InChI=1S/C17H18BrN7O/c1-2-25-16-14(21-22-25)15(19-11-20-16)23-6-8-24(9-7-23)17(26)12-4-3-5-13(18)10-12/h3-5,10-11H,2,6-9H2,1H3. The van der Waals surface area contributed by atoms with Crippen molar-refractivity contribution in [2.75, 3.05) is 31.1 Å². The minimum absolute atomic E-state index is 0.0516. The number of anilines is 1. The molecular weight excluding hydrogens is 398 g/mol. The molecule has 1 fully saturated rings. The van der Waals surface area contributed by atoms with Crippen LogP contribution in [-0.4, -0.2) is 61.9 Å². The Morgan fingerprint density at radius 3 is 2.73 bits per heavy atom. The molecule has 0 N–H and O–H groups in total. The van der Waals surface area contributed by atoms with E-state index in [0.717, 1.165) is 15.9 Å². The van der Waals surface area contributed by atoms with Crippen molar-refractivity contribution in [2.24, 2.45) is 0 Å². The van der Waals surface area contributed by atoms with Crippen molar-refractivity contribution in [3.63, 3.8) is 0 Å². The van der Waals surface area contributed by atoms with Crippen LogP contribution >= 0.6 is 15.9 Å². The molecule has 134 valence electrons. The summed E-state index contributed by atoms with van der Waals surface area (Å²) < 4.78 is 2.66. The Hall–Kier alpha value is -2.55. The minimum atomic E-state index is 0.0516. The van der Waals surface area contributed by atoms with Crippen molar-refractivity contribution in [3.8, 4) is 0 Å². The lowest BCUT2D eigenvalue weighted by molar-refractivity contribution is 0.0746. The number of fused-ring (bicyclic) bond motifs is 1. The number of carbonyl (C=O) groups excluding carboxylic acids is 1. The molecule has 0 saturated carbocycles. The normalized spacial score (nSPS) is 14.8. The lowest BCUT2D eigenvalue weighted by Crippen LogP contribution is -2.49. The molecule has 8 nitrogen and oxygen atoms in total. The summed E-state index contributed by atoms with van der Waals surface area (Å²) in [7, 11) is 0. The highest BCUT2D eigenvalue weighted by Crippen LogP contribution is 2.22. The topological polar surface area (TPSA) is 80.0 Å². The molecule has 0 aliphatic carbocycles. The minimum Gasteiger partial charge on any atom is -0.351 e. The Labute approximate surface area is 159 Å². The van der Waals surface area contributed by atoms with Gasteiger partial charge in [-0.3, -0.25) is 4.79 Å². The van der Waals surface area contributed by atoms with Crippen LogP contribution in [-0.2, 0) is 6.54 Å². The lowest BCUT2D eigenvalue weighted by atomic mass is 10.2. The average molecular weight is 416 g/mol. The van der Waals surface area contributed by atoms with E-state index < -0.39 is 0 Å². The highest BCUT2D eigenvalue weighted by Gasteiger charge is 2.25. The smallest absolute Gasteiger partial charge is 0.254 e. The molecule has 1 amide bonds. The van der Waals surface area contributed by atoms with Crippen LogP contribution in [0.1, 0.15) is 17.3 Å². The Bertz CT molecular complexity index is 949. The van der Waals surface area contributed by atoms with Crippen molar-refractivity contribution >= 4 is 38.8 Å². The summed E-state index contributed by atoms with van der Waals surface area (Å²) in [4.78, 5) is 25.4. The van der Waals surface area contributed by atoms with Gasteiger partial charge in [0.15, 0.2) is 17.0 Å². The third-order valence-electron chi connectivity index (χ3n) is 4.52. The number of rotatable bonds is 3. The molecule has 4 rings (SSSR count). The second-order valence-electron chi connectivity index (χ2n) is 6.06. The summed E-state index contributed by atoms with van der Waals surface area (Å²) in [5, 5.41) is 8.37. The van der Waals surface area contributed by atoms with Crippen LogP contribution in [0.4, 0.5) is 5.82 Å². The highest BCUT2D eigenvalue weighted by atomic mass is 79.9. The van der Waals surface area contributed by atoms with Gasteiger partial charge < -0.3 is 9.80 Å². The zero-order valence-electron chi connectivity index (χ0n) is 14.3. The van der Waals surface area contributed by atoms with Crippen LogP contribution in [0.15, 0.2) is 35.1 Å². The molecule has 26 heavy (non-hydrogen) atoms. The molecule has 0 bridgehead atoms. The molecule has 1 aromatic carbocycles. The molecule has 9 heteroatoms. The van der Waals surface area contributed by atoms with E-state index in [1.807, 2.05) is 36.1 Å². The first kappa shape index (κ1) is 16.9. The maximum Gasteiger partial charge on any atom is 0.254 e. The van der Waals surface area contributed by atoms with Crippen LogP contribution < -0.4 is 4.90 Å². The second-order valence-corrected chi connectivity index (χ2v) is 6.98. The first-order valence-corrected chi connectivity index (χ1v) is 9.30. The highest BCUT2D eigenvalue weighted by molar-refractivity contribution is 9.10. The predicted octanol–water partition coefficient (Wildman–Crippen LogP) is 1.97. The molecule has 0 radical (unpaired) electrons. The first-order chi connectivity index (χ1) is 12.7. The zero-order valence-corrected chi connectivity index (χ0v) is 15.9. The fourth-order valence-electron chi connectivity index (χ4n) is 3.15. The largest absolute Gasteiger partial charge is 0.351 e. The fourth-order valence-corrected chi connectivity index (χ4v) is 3.55. The van der Waals surface area contributed by atoms with Gasteiger partial charge >= 0.3 is 0 Å². The van der Waals surface area contributed by atoms with Gasteiger partial charge in [0.05, 0.1) is 0 Å². The maximum atomic E-state index is 12.7. The van der Waals surface area contributed by atoms with E-state index in [-0.39, 0.29) is 5.91 Å². The molecule has 1 saturated heterocycles. The molecule has 1 aliphatic rings. The number of aromatic nitrogens is 5. The Kier molecular flexibility index (Phi) is 4.54. The van der Waals surface area contributed by atoms with Crippen LogP contribution in [0, 0.1) is 0 Å².